The van der Waals surface area contributed by atoms with Gasteiger partial charge < -0.3 is 15.4 Å². The molecule has 2 amide bonds. The fourth-order valence-corrected chi connectivity index (χ4v) is 2.91. The Morgan fingerprint density at radius 3 is 2.43 bits per heavy atom. The summed E-state index contributed by atoms with van der Waals surface area (Å²) in [6.07, 6.45) is 2.60. The van der Waals surface area contributed by atoms with Crippen LogP contribution in [0.2, 0.25) is 5.02 Å². The first-order valence-corrected chi connectivity index (χ1v) is 8.61. The van der Waals surface area contributed by atoms with Crippen LogP contribution in [0.3, 0.4) is 0 Å². The summed E-state index contributed by atoms with van der Waals surface area (Å²) in [5.74, 6) is 0. The summed E-state index contributed by atoms with van der Waals surface area (Å²) in [5.41, 5.74) is 1.18. The third kappa shape index (κ3) is 6.40. The van der Waals surface area contributed by atoms with Crippen LogP contribution in [0.5, 0.6) is 0 Å². The third-order valence-corrected chi connectivity index (χ3v) is 4.20. The Kier molecular flexibility index (Phi) is 6.31. The number of rotatable bonds is 4. The number of carbonyl (C=O) groups is 1. The van der Waals surface area contributed by atoms with Crippen LogP contribution in [0.4, 0.5) is 4.79 Å². The average molecular weight is 339 g/mol. The summed E-state index contributed by atoms with van der Waals surface area (Å²) in [5, 5.41) is 6.89. The van der Waals surface area contributed by atoms with E-state index in [4.69, 9.17) is 16.3 Å². The molecule has 23 heavy (non-hydrogen) atoms. The van der Waals surface area contributed by atoms with Gasteiger partial charge in [-0.2, -0.15) is 0 Å². The molecule has 0 saturated carbocycles. The lowest BCUT2D eigenvalue weighted by Gasteiger charge is -2.29. The van der Waals surface area contributed by atoms with Gasteiger partial charge in [0.25, 0.3) is 0 Å². The second kappa shape index (κ2) is 8.02. The lowest BCUT2D eigenvalue weighted by atomic mass is 9.85. The maximum atomic E-state index is 12.4. The molecule has 0 aliphatic carbocycles. The van der Waals surface area contributed by atoms with Crippen molar-refractivity contribution in [1.29, 1.82) is 0 Å². The van der Waals surface area contributed by atoms with Crippen LogP contribution in [0.15, 0.2) is 24.3 Å². The van der Waals surface area contributed by atoms with Gasteiger partial charge in [0.2, 0.25) is 0 Å². The molecule has 0 bridgehead atoms. The molecule has 1 aliphatic heterocycles. The van der Waals surface area contributed by atoms with Gasteiger partial charge in [-0.1, -0.05) is 44.5 Å². The van der Waals surface area contributed by atoms with Gasteiger partial charge in [0.05, 0.1) is 6.04 Å². The molecule has 2 N–H and O–H groups in total. The molecule has 0 aromatic heterocycles. The molecule has 4 nitrogen and oxygen atoms in total. The van der Waals surface area contributed by atoms with Crippen molar-refractivity contribution in [2.24, 2.45) is 5.41 Å². The van der Waals surface area contributed by atoms with Gasteiger partial charge in [-0.15, -0.1) is 0 Å². The van der Waals surface area contributed by atoms with Crippen molar-refractivity contribution < 1.29 is 9.53 Å². The van der Waals surface area contributed by atoms with E-state index in [1.54, 1.807) is 0 Å². The molecule has 1 aliphatic rings. The molecular formula is C18H27ClN2O2. The van der Waals surface area contributed by atoms with Crippen molar-refractivity contribution in [1.82, 2.24) is 10.6 Å². The van der Waals surface area contributed by atoms with Gasteiger partial charge in [0, 0.05) is 24.3 Å². The first kappa shape index (κ1) is 18.1. The quantitative estimate of drug-likeness (QED) is 0.860. The van der Waals surface area contributed by atoms with Gasteiger partial charge in [-0.05, 0) is 42.4 Å². The first-order chi connectivity index (χ1) is 10.8. The van der Waals surface area contributed by atoms with E-state index in [1.807, 2.05) is 24.3 Å². The van der Waals surface area contributed by atoms with E-state index < -0.39 is 0 Å². The summed E-state index contributed by atoms with van der Waals surface area (Å²) in [7, 11) is 0. The van der Waals surface area contributed by atoms with Crippen LogP contribution in [-0.4, -0.2) is 25.3 Å². The minimum atomic E-state index is -0.110. The molecular weight excluding hydrogens is 312 g/mol. The van der Waals surface area contributed by atoms with E-state index in [-0.39, 0.29) is 23.5 Å². The topological polar surface area (TPSA) is 50.4 Å². The minimum Gasteiger partial charge on any atom is -0.381 e. The molecule has 128 valence electrons. The first-order valence-electron chi connectivity index (χ1n) is 8.24. The second-order valence-corrected chi connectivity index (χ2v) is 7.81. The molecule has 5 heteroatoms. The Morgan fingerprint density at radius 1 is 1.26 bits per heavy atom. The Hall–Kier alpha value is -1.26. The highest BCUT2D eigenvalue weighted by molar-refractivity contribution is 6.30. The number of hydrogen-bond acceptors (Lipinski definition) is 2. The molecule has 1 heterocycles. The number of hydrogen-bond donors (Lipinski definition) is 2. The van der Waals surface area contributed by atoms with Crippen molar-refractivity contribution in [2.75, 3.05) is 13.2 Å². The fraction of sp³-hybridized carbons (Fsp3) is 0.611. The molecule has 0 unspecified atom stereocenters. The van der Waals surface area contributed by atoms with Crippen molar-refractivity contribution in [3.8, 4) is 0 Å². The summed E-state index contributed by atoms with van der Waals surface area (Å²) in [6.45, 7) is 7.96. The number of amides is 2. The molecule has 0 spiro atoms. The highest BCUT2D eigenvalue weighted by atomic mass is 35.5. The number of nitrogens with one attached hydrogen (secondary N) is 2. The van der Waals surface area contributed by atoms with Gasteiger partial charge in [0.15, 0.2) is 0 Å². The van der Waals surface area contributed by atoms with E-state index >= 15 is 0 Å². The number of halogens is 1. The zero-order valence-electron chi connectivity index (χ0n) is 14.2. The van der Waals surface area contributed by atoms with Crippen molar-refractivity contribution in [2.45, 2.75) is 52.1 Å². The zero-order chi connectivity index (χ0) is 16.9. The predicted molar refractivity (Wildman–Crippen MR) is 93.8 cm³/mol. The number of urea groups is 1. The van der Waals surface area contributed by atoms with Crippen LogP contribution >= 0.6 is 11.6 Å². The van der Waals surface area contributed by atoms with Gasteiger partial charge in [0.1, 0.15) is 0 Å². The summed E-state index contributed by atoms with van der Waals surface area (Å²) >= 11 is 5.97. The van der Waals surface area contributed by atoms with E-state index in [2.05, 4.69) is 31.4 Å². The molecule has 1 aromatic carbocycles. The smallest absolute Gasteiger partial charge is 0.315 e. The predicted octanol–water partition coefficient (Wildman–Crippen LogP) is 4.30. The molecule has 1 saturated heterocycles. The minimum absolute atomic E-state index is 0.0351. The van der Waals surface area contributed by atoms with Crippen LogP contribution < -0.4 is 10.6 Å². The zero-order valence-corrected chi connectivity index (χ0v) is 15.0. The van der Waals surface area contributed by atoms with Crippen LogP contribution in [0, 0.1) is 5.41 Å². The standard InChI is InChI=1S/C18H27ClN2O2/c1-18(2,3)12-16(13-4-6-14(19)7-5-13)21-17(22)20-15-8-10-23-11-9-15/h4-7,15-16H,8-12H2,1-3H3,(H2,20,21,22)/t16-/m0/s1. The lowest BCUT2D eigenvalue weighted by Crippen LogP contribution is -2.46. The molecule has 0 radical (unpaired) electrons. The van der Waals surface area contributed by atoms with Crippen molar-refractivity contribution in [3.63, 3.8) is 0 Å². The van der Waals surface area contributed by atoms with Crippen LogP contribution in [0.25, 0.3) is 0 Å². The Balaban J connectivity index is 2.01. The number of carbonyl (C=O) groups excluding carboxylic acids is 1. The maximum Gasteiger partial charge on any atom is 0.315 e. The second-order valence-electron chi connectivity index (χ2n) is 7.37. The molecule has 1 aromatic rings. The van der Waals surface area contributed by atoms with Gasteiger partial charge in [-0.3, -0.25) is 0 Å². The fourth-order valence-electron chi connectivity index (χ4n) is 2.79. The third-order valence-electron chi connectivity index (χ3n) is 3.95. The maximum absolute atomic E-state index is 12.4. The Morgan fingerprint density at radius 2 is 1.87 bits per heavy atom. The average Bonchev–Trinajstić information content (AvgIpc) is 2.47. The highest BCUT2D eigenvalue weighted by Gasteiger charge is 2.23. The summed E-state index contributed by atoms with van der Waals surface area (Å²) in [6, 6.07) is 7.74. The van der Waals surface area contributed by atoms with Crippen molar-refractivity contribution >= 4 is 17.6 Å². The van der Waals surface area contributed by atoms with Crippen LogP contribution in [-0.2, 0) is 4.74 Å². The molecule has 1 atom stereocenters. The van der Waals surface area contributed by atoms with Crippen molar-refractivity contribution in [3.05, 3.63) is 34.9 Å². The summed E-state index contributed by atoms with van der Waals surface area (Å²) < 4.78 is 5.32. The van der Waals surface area contributed by atoms with Crippen LogP contribution in [0.1, 0.15) is 51.6 Å². The number of benzene rings is 1. The SMILES string of the molecule is CC(C)(C)C[C@H](NC(=O)NC1CCOCC1)c1ccc(Cl)cc1. The van der Waals surface area contributed by atoms with E-state index in [1.165, 1.54) is 0 Å². The van der Waals surface area contributed by atoms with E-state index in [0.717, 1.165) is 24.8 Å². The van der Waals surface area contributed by atoms with E-state index in [9.17, 15) is 4.79 Å². The highest BCUT2D eigenvalue weighted by Crippen LogP contribution is 2.30. The molecule has 2 rings (SSSR count). The summed E-state index contributed by atoms with van der Waals surface area (Å²) in [4.78, 5) is 12.4. The van der Waals surface area contributed by atoms with Gasteiger partial charge in [-0.25, -0.2) is 4.79 Å². The van der Waals surface area contributed by atoms with Gasteiger partial charge >= 0.3 is 6.03 Å². The number of ether oxygens (including phenoxy) is 1. The lowest BCUT2D eigenvalue weighted by molar-refractivity contribution is 0.0799. The Bertz CT molecular complexity index is 505. The monoisotopic (exact) mass is 338 g/mol. The normalized spacial score (nSPS) is 17.6. The van der Waals surface area contributed by atoms with E-state index in [0.29, 0.717) is 18.2 Å². The molecule has 1 fully saturated rings. The largest absolute Gasteiger partial charge is 0.381 e. The Labute approximate surface area is 143 Å².